The molecule has 1 saturated heterocycles. The topological polar surface area (TPSA) is 32.3 Å². The van der Waals surface area contributed by atoms with Gasteiger partial charge in [-0.15, -0.1) is 0 Å². The minimum atomic E-state index is -0.504. The fraction of sp³-hybridized carbons (Fsp3) is 0.417. The number of nitrogens with zero attached hydrogens (tertiary/aromatic N) is 1. The molecule has 1 atom stereocenters. The highest BCUT2D eigenvalue weighted by Gasteiger charge is 2.41. The van der Waals surface area contributed by atoms with Crippen LogP contribution in [0.25, 0.3) is 0 Å². The van der Waals surface area contributed by atoms with Crippen LogP contribution in [0.2, 0.25) is 0 Å². The van der Waals surface area contributed by atoms with Gasteiger partial charge in [0.15, 0.2) is 0 Å². The lowest BCUT2D eigenvalue weighted by molar-refractivity contribution is 0.0719. The number of carbonyl (C=O) groups excluding carboxylic acids is 1. The monoisotopic (exact) mass is 212 g/mol. The Bertz CT molecular complexity index is 448. The first-order valence-corrected chi connectivity index (χ1v) is 5.64. The molecule has 1 fully saturated rings. The van der Waals surface area contributed by atoms with Crippen molar-refractivity contribution in [3.8, 4) is 0 Å². The molecule has 0 aliphatic carbocycles. The van der Waals surface area contributed by atoms with Gasteiger partial charge in [0.05, 0.1) is 5.56 Å². The highest BCUT2D eigenvalue weighted by Crippen LogP contribution is 2.33. The van der Waals surface area contributed by atoms with Gasteiger partial charge in [-0.05, 0) is 25.0 Å². The van der Waals surface area contributed by atoms with Crippen molar-refractivity contribution >= 4 is 19.4 Å². The minimum Gasteiger partial charge on any atom is -0.383 e. The molecule has 0 aromatic heterocycles. The van der Waals surface area contributed by atoms with Crippen LogP contribution < -0.4 is 5.32 Å². The zero-order valence-electron chi connectivity index (χ0n) is 9.07. The predicted molar refractivity (Wildman–Crippen MR) is 63.7 cm³/mol. The zero-order valence-corrected chi connectivity index (χ0v) is 9.07. The van der Waals surface area contributed by atoms with Crippen LogP contribution in [0, 0.1) is 0 Å². The normalized spacial score (nSPS) is 28.0. The number of rotatable bonds is 0. The third-order valence-corrected chi connectivity index (χ3v) is 3.52. The molecule has 80 valence electrons. The van der Waals surface area contributed by atoms with Crippen molar-refractivity contribution in [3.05, 3.63) is 29.8 Å². The molecule has 16 heavy (non-hydrogen) atoms. The van der Waals surface area contributed by atoms with Crippen LogP contribution in [0.3, 0.4) is 0 Å². The van der Waals surface area contributed by atoms with E-state index in [1.807, 2.05) is 29.2 Å². The number of amides is 1. The Hall–Kier alpha value is -1.45. The number of hydrogen-bond donors (Lipinski definition) is 1. The van der Waals surface area contributed by atoms with E-state index in [0.29, 0.717) is 6.54 Å². The second-order valence-electron chi connectivity index (χ2n) is 4.56. The standard InChI is InChI=1S/C12H13BN2O/c13-12-6-3-7-15(12)11(16)9-4-1-2-5-10(9)14-8-12/h1-2,4-5,14H,3,6-8H2. The van der Waals surface area contributed by atoms with Gasteiger partial charge in [-0.25, -0.2) is 0 Å². The van der Waals surface area contributed by atoms with Gasteiger partial charge in [0.25, 0.3) is 5.91 Å². The van der Waals surface area contributed by atoms with Crippen LogP contribution in [0.5, 0.6) is 0 Å². The summed E-state index contributed by atoms with van der Waals surface area (Å²) in [7, 11) is 6.28. The van der Waals surface area contributed by atoms with Crippen molar-refractivity contribution in [2.75, 3.05) is 18.4 Å². The highest BCUT2D eigenvalue weighted by atomic mass is 16.2. The first-order valence-electron chi connectivity index (χ1n) is 5.64. The van der Waals surface area contributed by atoms with Crippen molar-refractivity contribution in [1.82, 2.24) is 4.90 Å². The predicted octanol–water partition coefficient (Wildman–Crippen LogP) is 1.21. The quantitative estimate of drug-likeness (QED) is 0.655. The third kappa shape index (κ3) is 1.25. The van der Waals surface area contributed by atoms with E-state index in [2.05, 4.69) is 5.32 Å². The lowest BCUT2D eigenvalue weighted by atomic mass is 9.75. The van der Waals surface area contributed by atoms with Crippen LogP contribution in [-0.2, 0) is 0 Å². The summed E-state index contributed by atoms with van der Waals surface area (Å²) >= 11 is 0. The van der Waals surface area contributed by atoms with Gasteiger partial charge in [0, 0.05) is 24.2 Å². The maximum absolute atomic E-state index is 12.3. The highest BCUT2D eigenvalue weighted by molar-refractivity contribution is 6.19. The molecule has 0 bridgehead atoms. The van der Waals surface area contributed by atoms with Crippen molar-refractivity contribution in [2.45, 2.75) is 18.3 Å². The second-order valence-corrected chi connectivity index (χ2v) is 4.56. The van der Waals surface area contributed by atoms with Gasteiger partial charge in [-0.3, -0.25) is 4.79 Å². The third-order valence-electron chi connectivity index (χ3n) is 3.52. The van der Waals surface area contributed by atoms with Crippen molar-refractivity contribution in [1.29, 1.82) is 0 Å². The molecule has 2 heterocycles. The number of benzene rings is 1. The summed E-state index contributed by atoms with van der Waals surface area (Å²) in [5, 5.41) is 3.28. The molecule has 1 unspecified atom stereocenters. The van der Waals surface area contributed by atoms with E-state index in [1.54, 1.807) is 0 Å². The fourth-order valence-corrected chi connectivity index (χ4v) is 2.61. The molecule has 3 nitrogen and oxygen atoms in total. The first-order chi connectivity index (χ1) is 7.71. The molecule has 1 aromatic rings. The average Bonchev–Trinajstić information content (AvgIpc) is 2.64. The average molecular weight is 212 g/mol. The minimum absolute atomic E-state index is 0.0561. The Kier molecular flexibility index (Phi) is 2.00. The van der Waals surface area contributed by atoms with E-state index in [1.165, 1.54) is 0 Å². The van der Waals surface area contributed by atoms with E-state index in [9.17, 15) is 4.79 Å². The van der Waals surface area contributed by atoms with Crippen molar-refractivity contribution in [3.63, 3.8) is 0 Å². The molecule has 0 saturated carbocycles. The van der Waals surface area contributed by atoms with Crippen molar-refractivity contribution < 1.29 is 4.79 Å². The van der Waals surface area contributed by atoms with E-state index in [0.717, 1.165) is 30.6 Å². The van der Waals surface area contributed by atoms with Gasteiger partial charge in [-0.2, -0.15) is 0 Å². The summed E-state index contributed by atoms with van der Waals surface area (Å²) in [6.07, 6.45) is 1.87. The van der Waals surface area contributed by atoms with E-state index < -0.39 is 5.44 Å². The van der Waals surface area contributed by atoms with Crippen LogP contribution >= 0.6 is 0 Å². The molecule has 2 aliphatic rings. The summed E-state index contributed by atoms with van der Waals surface area (Å²) in [5.41, 5.74) is 1.12. The summed E-state index contributed by atoms with van der Waals surface area (Å²) in [6, 6.07) is 7.60. The molecule has 4 heteroatoms. The van der Waals surface area contributed by atoms with E-state index in [4.69, 9.17) is 7.85 Å². The maximum Gasteiger partial charge on any atom is 0.255 e. The molecule has 1 amide bonds. The van der Waals surface area contributed by atoms with Gasteiger partial charge in [0.1, 0.15) is 7.85 Å². The number of fused-ring (bicyclic) bond motifs is 2. The van der Waals surface area contributed by atoms with E-state index in [-0.39, 0.29) is 5.91 Å². The lowest BCUT2D eigenvalue weighted by Gasteiger charge is -2.33. The number of anilines is 1. The lowest BCUT2D eigenvalue weighted by Crippen LogP contribution is -2.50. The Morgan fingerprint density at radius 3 is 3.06 bits per heavy atom. The van der Waals surface area contributed by atoms with Crippen LogP contribution in [0.15, 0.2) is 24.3 Å². The molecule has 3 rings (SSSR count). The van der Waals surface area contributed by atoms with Gasteiger partial charge < -0.3 is 10.2 Å². The Morgan fingerprint density at radius 2 is 2.19 bits per heavy atom. The summed E-state index contributed by atoms with van der Waals surface area (Å²) in [6.45, 7) is 1.40. The molecular formula is C12H13BN2O. The Labute approximate surface area is 96.2 Å². The van der Waals surface area contributed by atoms with Crippen LogP contribution in [0.4, 0.5) is 5.69 Å². The number of para-hydroxylation sites is 1. The molecular weight excluding hydrogens is 199 g/mol. The zero-order chi connectivity index (χ0) is 11.2. The van der Waals surface area contributed by atoms with Crippen LogP contribution in [-0.4, -0.2) is 37.2 Å². The van der Waals surface area contributed by atoms with Gasteiger partial charge in [-0.1, -0.05) is 12.1 Å². The largest absolute Gasteiger partial charge is 0.383 e. The Balaban J connectivity index is 2.08. The maximum atomic E-state index is 12.3. The summed E-state index contributed by atoms with van der Waals surface area (Å²) in [5.74, 6) is 0.0561. The SMILES string of the molecule is [B]C12CCCN1C(=O)c1ccccc1NC2. The first kappa shape index (κ1) is 9.76. The summed E-state index contributed by atoms with van der Waals surface area (Å²) < 4.78 is 0. The smallest absolute Gasteiger partial charge is 0.255 e. The van der Waals surface area contributed by atoms with Crippen LogP contribution in [0.1, 0.15) is 23.2 Å². The number of carbonyl (C=O) groups is 1. The Morgan fingerprint density at radius 1 is 1.38 bits per heavy atom. The molecule has 0 spiro atoms. The molecule has 2 aliphatic heterocycles. The van der Waals surface area contributed by atoms with Gasteiger partial charge >= 0.3 is 0 Å². The summed E-state index contributed by atoms with van der Waals surface area (Å²) in [4.78, 5) is 14.1. The second kappa shape index (κ2) is 3.27. The van der Waals surface area contributed by atoms with Gasteiger partial charge in [0.2, 0.25) is 0 Å². The molecule has 2 radical (unpaired) electrons. The van der Waals surface area contributed by atoms with Crippen molar-refractivity contribution in [2.24, 2.45) is 0 Å². The molecule has 1 N–H and O–H groups in total. The number of hydrogen-bond acceptors (Lipinski definition) is 2. The molecule has 1 aromatic carbocycles. The van der Waals surface area contributed by atoms with E-state index >= 15 is 0 Å². The number of nitrogens with one attached hydrogen (secondary N) is 1. The fourth-order valence-electron chi connectivity index (χ4n) is 2.61.